The van der Waals surface area contributed by atoms with Crippen LogP contribution < -0.4 is 0 Å². The minimum absolute atomic E-state index is 0.717. The number of hydrogen-bond acceptors (Lipinski definition) is 4. The average molecular weight is 236 g/mol. The van der Waals surface area contributed by atoms with Crippen molar-refractivity contribution < 1.29 is 4.52 Å². The summed E-state index contributed by atoms with van der Waals surface area (Å²) in [5, 5.41) is 3.91. The van der Waals surface area contributed by atoms with Gasteiger partial charge in [-0.05, 0) is 12.1 Å². The molecule has 0 fully saturated rings. The van der Waals surface area contributed by atoms with Gasteiger partial charge in [0.15, 0.2) is 0 Å². The maximum absolute atomic E-state index is 4.86. The molecule has 0 saturated heterocycles. The SMILES string of the molecule is c1ccc2c(c1)ncc1c(-c3ccon3)ncn12. The zero-order chi connectivity index (χ0) is 11.9. The van der Waals surface area contributed by atoms with Gasteiger partial charge in [-0.1, -0.05) is 17.3 Å². The van der Waals surface area contributed by atoms with Gasteiger partial charge in [-0.15, -0.1) is 0 Å². The van der Waals surface area contributed by atoms with Gasteiger partial charge in [0.1, 0.15) is 24.0 Å². The first-order valence-corrected chi connectivity index (χ1v) is 5.55. The number of para-hydroxylation sites is 2. The van der Waals surface area contributed by atoms with Crippen LogP contribution in [0.15, 0.2) is 53.6 Å². The molecule has 18 heavy (non-hydrogen) atoms. The lowest BCUT2D eigenvalue weighted by Gasteiger charge is -2.00. The molecule has 3 heterocycles. The molecule has 4 rings (SSSR count). The number of imidazole rings is 1. The molecule has 86 valence electrons. The van der Waals surface area contributed by atoms with Gasteiger partial charge in [0.05, 0.1) is 22.7 Å². The zero-order valence-electron chi connectivity index (χ0n) is 9.32. The van der Waals surface area contributed by atoms with Gasteiger partial charge in [-0.3, -0.25) is 9.38 Å². The second-order valence-electron chi connectivity index (χ2n) is 3.98. The molecule has 4 aromatic rings. The zero-order valence-corrected chi connectivity index (χ0v) is 9.32. The number of fused-ring (bicyclic) bond motifs is 3. The molecule has 0 radical (unpaired) electrons. The fourth-order valence-corrected chi connectivity index (χ4v) is 2.11. The summed E-state index contributed by atoms with van der Waals surface area (Å²) in [5.74, 6) is 0. The van der Waals surface area contributed by atoms with Crippen LogP contribution in [0.25, 0.3) is 27.9 Å². The molecule has 0 amide bonds. The quantitative estimate of drug-likeness (QED) is 0.509. The topological polar surface area (TPSA) is 56.2 Å². The molecule has 0 bridgehead atoms. The number of nitrogens with zero attached hydrogens (tertiary/aromatic N) is 4. The van der Waals surface area contributed by atoms with Crippen LogP contribution in [0.1, 0.15) is 0 Å². The van der Waals surface area contributed by atoms with Crippen LogP contribution in [0.3, 0.4) is 0 Å². The van der Waals surface area contributed by atoms with Crippen molar-refractivity contribution >= 4 is 16.6 Å². The smallest absolute Gasteiger partial charge is 0.134 e. The van der Waals surface area contributed by atoms with Crippen molar-refractivity contribution in [1.82, 2.24) is 19.5 Å². The highest BCUT2D eigenvalue weighted by molar-refractivity contribution is 5.83. The normalized spacial score (nSPS) is 11.3. The van der Waals surface area contributed by atoms with E-state index in [1.54, 1.807) is 18.6 Å². The van der Waals surface area contributed by atoms with E-state index in [9.17, 15) is 0 Å². The second-order valence-corrected chi connectivity index (χ2v) is 3.98. The van der Waals surface area contributed by atoms with Gasteiger partial charge in [0.25, 0.3) is 0 Å². The molecule has 0 aliphatic heterocycles. The molecule has 0 aliphatic rings. The lowest BCUT2D eigenvalue weighted by molar-refractivity contribution is 0.422. The first kappa shape index (κ1) is 9.35. The molecule has 0 unspecified atom stereocenters. The predicted octanol–water partition coefficient (Wildman–Crippen LogP) is 2.54. The molecule has 5 heteroatoms. The van der Waals surface area contributed by atoms with Crippen molar-refractivity contribution in [2.75, 3.05) is 0 Å². The van der Waals surface area contributed by atoms with E-state index in [0.717, 1.165) is 27.9 Å². The van der Waals surface area contributed by atoms with Crippen molar-refractivity contribution in [1.29, 1.82) is 0 Å². The van der Waals surface area contributed by atoms with E-state index < -0.39 is 0 Å². The number of aromatic nitrogens is 4. The Kier molecular flexibility index (Phi) is 1.77. The summed E-state index contributed by atoms with van der Waals surface area (Å²) in [6.07, 6.45) is 5.12. The summed E-state index contributed by atoms with van der Waals surface area (Å²) in [4.78, 5) is 8.82. The highest BCUT2D eigenvalue weighted by Crippen LogP contribution is 2.23. The van der Waals surface area contributed by atoms with E-state index in [4.69, 9.17) is 4.52 Å². The van der Waals surface area contributed by atoms with E-state index in [1.165, 1.54) is 6.26 Å². The molecule has 5 nitrogen and oxygen atoms in total. The third-order valence-corrected chi connectivity index (χ3v) is 2.95. The van der Waals surface area contributed by atoms with E-state index >= 15 is 0 Å². The van der Waals surface area contributed by atoms with Gasteiger partial charge in [-0.25, -0.2) is 4.98 Å². The van der Waals surface area contributed by atoms with Gasteiger partial charge in [0, 0.05) is 6.07 Å². The first-order valence-electron chi connectivity index (χ1n) is 5.55. The van der Waals surface area contributed by atoms with Crippen LogP contribution in [0.5, 0.6) is 0 Å². The fraction of sp³-hybridized carbons (Fsp3) is 0. The third-order valence-electron chi connectivity index (χ3n) is 2.95. The number of hydrogen-bond donors (Lipinski definition) is 0. The summed E-state index contributed by atoms with van der Waals surface area (Å²) < 4.78 is 6.86. The van der Waals surface area contributed by atoms with Crippen LogP contribution in [0.4, 0.5) is 0 Å². The van der Waals surface area contributed by atoms with Gasteiger partial charge >= 0.3 is 0 Å². The fourth-order valence-electron chi connectivity index (χ4n) is 2.11. The Morgan fingerprint density at radius 3 is 2.83 bits per heavy atom. The van der Waals surface area contributed by atoms with Crippen LogP contribution in [0, 0.1) is 0 Å². The highest BCUT2D eigenvalue weighted by atomic mass is 16.5. The van der Waals surface area contributed by atoms with E-state index in [1.807, 2.05) is 28.7 Å². The van der Waals surface area contributed by atoms with Crippen molar-refractivity contribution in [2.45, 2.75) is 0 Å². The van der Waals surface area contributed by atoms with E-state index in [-0.39, 0.29) is 0 Å². The average Bonchev–Trinajstić information content (AvgIpc) is 3.07. The minimum Gasteiger partial charge on any atom is -0.364 e. The molecule has 0 atom stereocenters. The van der Waals surface area contributed by atoms with Gasteiger partial charge < -0.3 is 4.52 Å². The maximum atomic E-state index is 4.86. The van der Waals surface area contributed by atoms with Crippen molar-refractivity contribution in [3.05, 3.63) is 49.1 Å². The molecule has 0 saturated carbocycles. The van der Waals surface area contributed by atoms with Crippen molar-refractivity contribution in [2.24, 2.45) is 0 Å². The lowest BCUT2D eigenvalue weighted by Crippen LogP contribution is -1.89. The summed E-state index contributed by atoms with van der Waals surface area (Å²) in [7, 11) is 0. The standard InChI is InChI=1S/C13H8N4O/c1-2-4-11-9(3-1)14-7-12-13(15-8-17(11)12)10-5-6-18-16-10/h1-8H. The summed E-state index contributed by atoms with van der Waals surface area (Å²) >= 11 is 0. The second kappa shape index (κ2) is 3.40. The molecule has 0 aliphatic carbocycles. The molecule has 1 aromatic carbocycles. The van der Waals surface area contributed by atoms with Crippen LogP contribution in [-0.2, 0) is 0 Å². The maximum Gasteiger partial charge on any atom is 0.134 e. The van der Waals surface area contributed by atoms with Crippen molar-refractivity contribution in [3.8, 4) is 11.4 Å². The van der Waals surface area contributed by atoms with Crippen molar-refractivity contribution in [3.63, 3.8) is 0 Å². The van der Waals surface area contributed by atoms with Crippen LogP contribution in [-0.4, -0.2) is 19.5 Å². The third kappa shape index (κ3) is 1.18. The monoisotopic (exact) mass is 236 g/mol. The summed E-state index contributed by atoms with van der Waals surface area (Å²) in [6.45, 7) is 0. The Labute approximate surface area is 102 Å². The molecular weight excluding hydrogens is 228 g/mol. The number of benzene rings is 1. The molecule has 3 aromatic heterocycles. The predicted molar refractivity (Wildman–Crippen MR) is 66.0 cm³/mol. The largest absolute Gasteiger partial charge is 0.364 e. The molecule has 0 spiro atoms. The highest BCUT2D eigenvalue weighted by Gasteiger charge is 2.11. The summed E-state index contributed by atoms with van der Waals surface area (Å²) in [6, 6.07) is 9.74. The Morgan fingerprint density at radius 1 is 1.00 bits per heavy atom. The lowest BCUT2D eigenvalue weighted by atomic mass is 10.2. The van der Waals surface area contributed by atoms with E-state index in [2.05, 4.69) is 15.1 Å². The Hall–Kier alpha value is -2.69. The Morgan fingerprint density at radius 2 is 1.94 bits per heavy atom. The molecular formula is C13H8N4O. The van der Waals surface area contributed by atoms with Gasteiger partial charge in [-0.2, -0.15) is 0 Å². The van der Waals surface area contributed by atoms with Crippen LogP contribution >= 0.6 is 0 Å². The first-order chi connectivity index (χ1) is 8.93. The van der Waals surface area contributed by atoms with Gasteiger partial charge in [0.2, 0.25) is 0 Å². The molecule has 0 N–H and O–H groups in total. The van der Waals surface area contributed by atoms with Crippen LogP contribution in [0.2, 0.25) is 0 Å². The number of rotatable bonds is 1. The Bertz CT molecular complexity index is 833. The Balaban J connectivity index is 2.12. The van der Waals surface area contributed by atoms with E-state index in [0.29, 0.717) is 0 Å². The minimum atomic E-state index is 0.717. The summed E-state index contributed by atoms with van der Waals surface area (Å²) in [5.41, 5.74) is 4.38.